The van der Waals surface area contributed by atoms with Crippen molar-refractivity contribution >= 4 is 23.2 Å². The molecule has 2 unspecified atom stereocenters. The summed E-state index contributed by atoms with van der Waals surface area (Å²) < 4.78 is 0. The minimum absolute atomic E-state index is 0.0378. The fourth-order valence-corrected chi connectivity index (χ4v) is 6.84. The average molecular weight is 362 g/mol. The zero-order valence-corrected chi connectivity index (χ0v) is 16.1. The number of aromatic nitrogens is 1. The fraction of sp³-hybridized carbons (Fsp3) is 0.737. The van der Waals surface area contributed by atoms with Gasteiger partial charge in [0, 0.05) is 24.9 Å². The Morgan fingerprint density at radius 3 is 2.56 bits per heavy atom. The van der Waals surface area contributed by atoms with Crippen LogP contribution in [0.1, 0.15) is 56.2 Å². The lowest BCUT2D eigenvalue weighted by Crippen LogP contribution is -2.65. The van der Waals surface area contributed by atoms with E-state index < -0.39 is 0 Å². The van der Waals surface area contributed by atoms with E-state index in [1.54, 1.807) is 18.3 Å². The topological polar surface area (TPSA) is 62.3 Å². The van der Waals surface area contributed by atoms with Gasteiger partial charge in [0.2, 0.25) is 11.8 Å². The Hall–Kier alpha value is -1.43. The van der Waals surface area contributed by atoms with Crippen LogP contribution in [0.3, 0.4) is 0 Å². The average Bonchev–Trinajstić information content (AvgIpc) is 2.88. The second-order valence-corrected chi connectivity index (χ2v) is 9.78. The maximum Gasteiger partial charge on any atom is 0.228 e. The van der Waals surface area contributed by atoms with E-state index in [1.165, 1.54) is 6.42 Å². The highest BCUT2D eigenvalue weighted by molar-refractivity contribution is 7.09. The smallest absolute Gasteiger partial charge is 0.228 e. The number of carbonyl (C=O) groups excluding carboxylic acids is 2. The van der Waals surface area contributed by atoms with Gasteiger partial charge < -0.3 is 10.2 Å². The third kappa shape index (κ3) is 2.98. The molecule has 6 heteroatoms. The zero-order chi connectivity index (χ0) is 17.8. The summed E-state index contributed by atoms with van der Waals surface area (Å²) in [5.74, 6) is 1.44. The lowest BCUT2D eigenvalue weighted by molar-refractivity contribution is -0.162. The van der Waals surface area contributed by atoms with Gasteiger partial charge in [-0.05, 0) is 57.3 Å². The number of aryl methyl sites for hydroxylation is 1. The Morgan fingerprint density at radius 1 is 1.32 bits per heavy atom. The van der Waals surface area contributed by atoms with E-state index in [2.05, 4.69) is 10.3 Å². The van der Waals surface area contributed by atoms with Crippen LogP contribution in [0.25, 0.3) is 0 Å². The molecular formula is C19H27N3O2S. The fourth-order valence-electron chi connectivity index (χ4n) is 6.23. The van der Waals surface area contributed by atoms with Crippen molar-refractivity contribution in [2.75, 3.05) is 7.05 Å². The number of amides is 2. The van der Waals surface area contributed by atoms with E-state index in [4.69, 9.17) is 0 Å². The first-order valence-corrected chi connectivity index (χ1v) is 10.1. The third-order valence-corrected chi connectivity index (χ3v) is 7.19. The molecule has 0 radical (unpaired) electrons. The third-order valence-electron chi connectivity index (χ3n) is 6.37. The van der Waals surface area contributed by atoms with Crippen LogP contribution in [-0.4, -0.2) is 34.3 Å². The van der Waals surface area contributed by atoms with Gasteiger partial charge in [-0.1, -0.05) is 0 Å². The van der Waals surface area contributed by atoms with Gasteiger partial charge in [-0.3, -0.25) is 9.59 Å². The van der Waals surface area contributed by atoms with Gasteiger partial charge in [0.15, 0.2) is 0 Å². The quantitative estimate of drug-likeness (QED) is 0.897. The number of hydrogen-bond donors (Lipinski definition) is 1. The summed E-state index contributed by atoms with van der Waals surface area (Å²) in [6.07, 6.45) is 6.12. The standard InChI is InChI=1S/C19H27N3O2S/c1-12(23)21-19-7-14-4-15(8-19)6-18(5-14,11-19)17(24)22(3)9-16-10-25-13(2)20-16/h10,14-15H,4-9,11H2,1-3H3,(H,21,23)/t14-,15+,18?,19?. The second-order valence-electron chi connectivity index (χ2n) is 8.72. The highest BCUT2D eigenvalue weighted by atomic mass is 32.1. The number of thiazole rings is 1. The SMILES string of the molecule is CC(=O)NC12C[C@H]3C[C@@H](C1)CC(C(=O)N(C)Cc1csc(C)n1)(C3)C2. The van der Waals surface area contributed by atoms with Crippen molar-refractivity contribution < 1.29 is 9.59 Å². The largest absolute Gasteiger partial charge is 0.351 e. The minimum Gasteiger partial charge on any atom is -0.351 e. The summed E-state index contributed by atoms with van der Waals surface area (Å²) in [6, 6.07) is 0. The van der Waals surface area contributed by atoms with Gasteiger partial charge in [-0.2, -0.15) is 0 Å². The van der Waals surface area contributed by atoms with Crippen molar-refractivity contribution in [2.45, 2.75) is 64.5 Å². The van der Waals surface area contributed by atoms with Crippen molar-refractivity contribution in [1.82, 2.24) is 15.2 Å². The maximum absolute atomic E-state index is 13.4. The van der Waals surface area contributed by atoms with E-state index in [-0.39, 0.29) is 22.8 Å². The van der Waals surface area contributed by atoms with Crippen LogP contribution in [0.2, 0.25) is 0 Å². The number of carbonyl (C=O) groups is 2. The van der Waals surface area contributed by atoms with Gasteiger partial charge in [-0.25, -0.2) is 4.98 Å². The highest BCUT2D eigenvalue weighted by Gasteiger charge is 2.61. The van der Waals surface area contributed by atoms with E-state index in [0.29, 0.717) is 18.4 Å². The Bertz CT molecular complexity index is 699. The molecule has 4 atom stereocenters. The van der Waals surface area contributed by atoms with Crippen LogP contribution in [-0.2, 0) is 16.1 Å². The minimum atomic E-state index is -0.285. The lowest BCUT2D eigenvalue weighted by Gasteiger charge is -2.61. The normalized spacial score (nSPS) is 35.6. The Kier molecular flexibility index (Phi) is 3.94. The van der Waals surface area contributed by atoms with Crippen LogP contribution in [0.15, 0.2) is 5.38 Å². The Labute approximate surface area is 153 Å². The molecular weight excluding hydrogens is 334 g/mol. The number of nitrogens with one attached hydrogen (secondary N) is 1. The molecule has 1 N–H and O–H groups in total. The molecule has 0 saturated heterocycles. The molecule has 2 amide bonds. The summed E-state index contributed by atoms with van der Waals surface area (Å²) >= 11 is 1.63. The van der Waals surface area contributed by atoms with Crippen molar-refractivity contribution in [3.8, 4) is 0 Å². The van der Waals surface area contributed by atoms with E-state index in [0.717, 1.165) is 42.8 Å². The molecule has 1 aromatic rings. The van der Waals surface area contributed by atoms with Crippen LogP contribution in [0.5, 0.6) is 0 Å². The zero-order valence-electron chi connectivity index (χ0n) is 15.3. The molecule has 136 valence electrons. The summed E-state index contributed by atoms with van der Waals surface area (Å²) in [5, 5.41) is 6.32. The number of rotatable bonds is 4. The van der Waals surface area contributed by atoms with Crippen molar-refractivity contribution in [3.63, 3.8) is 0 Å². The first kappa shape index (κ1) is 17.0. The molecule has 4 saturated carbocycles. The molecule has 4 aliphatic carbocycles. The van der Waals surface area contributed by atoms with Gasteiger partial charge in [-0.15, -0.1) is 11.3 Å². The number of nitrogens with zero attached hydrogens (tertiary/aromatic N) is 2. The molecule has 0 spiro atoms. The predicted molar refractivity (Wildman–Crippen MR) is 97.0 cm³/mol. The van der Waals surface area contributed by atoms with E-state index >= 15 is 0 Å². The van der Waals surface area contributed by atoms with Crippen molar-refractivity contribution in [2.24, 2.45) is 17.3 Å². The summed E-state index contributed by atoms with van der Waals surface area (Å²) in [6.45, 7) is 4.17. The molecule has 0 aliphatic heterocycles. The molecule has 4 bridgehead atoms. The van der Waals surface area contributed by atoms with Gasteiger partial charge in [0.05, 0.1) is 22.7 Å². The van der Waals surface area contributed by atoms with Crippen molar-refractivity contribution in [3.05, 3.63) is 16.1 Å². The Balaban J connectivity index is 1.56. The van der Waals surface area contributed by atoms with Crippen LogP contribution >= 0.6 is 11.3 Å². The van der Waals surface area contributed by atoms with Gasteiger partial charge in [0.25, 0.3) is 0 Å². The second kappa shape index (κ2) is 5.79. The first-order chi connectivity index (χ1) is 11.8. The molecule has 1 aromatic heterocycles. The molecule has 5 rings (SSSR count). The summed E-state index contributed by atoms with van der Waals surface area (Å²) in [4.78, 5) is 31.6. The van der Waals surface area contributed by atoms with E-state index in [9.17, 15) is 9.59 Å². The molecule has 25 heavy (non-hydrogen) atoms. The van der Waals surface area contributed by atoms with E-state index in [1.807, 2.05) is 24.3 Å². The van der Waals surface area contributed by atoms with Gasteiger partial charge in [0.1, 0.15) is 0 Å². The lowest BCUT2D eigenvalue weighted by atomic mass is 9.46. The van der Waals surface area contributed by atoms with Crippen molar-refractivity contribution in [1.29, 1.82) is 0 Å². The summed E-state index contributed by atoms with van der Waals surface area (Å²) in [7, 11) is 1.90. The molecule has 5 nitrogen and oxygen atoms in total. The van der Waals surface area contributed by atoms with Crippen LogP contribution < -0.4 is 5.32 Å². The summed E-state index contributed by atoms with van der Waals surface area (Å²) in [5.41, 5.74) is 0.537. The van der Waals surface area contributed by atoms with Gasteiger partial charge >= 0.3 is 0 Å². The monoisotopic (exact) mass is 361 g/mol. The number of hydrogen-bond acceptors (Lipinski definition) is 4. The molecule has 4 fully saturated rings. The molecule has 0 aromatic carbocycles. The van der Waals surface area contributed by atoms with Crippen LogP contribution in [0.4, 0.5) is 0 Å². The first-order valence-electron chi connectivity index (χ1n) is 9.25. The van der Waals surface area contributed by atoms with Crippen LogP contribution in [0, 0.1) is 24.2 Å². The molecule has 4 aliphatic rings. The predicted octanol–water partition coefficient (Wildman–Crippen LogP) is 2.89. The highest BCUT2D eigenvalue weighted by Crippen LogP contribution is 2.62. The molecule has 1 heterocycles. The Morgan fingerprint density at radius 2 is 2.00 bits per heavy atom. The maximum atomic E-state index is 13.4.